The number of nitrogens with zero attached hydrogens (tertiary/aromatic N) is 4. The molecule has 442 valence electrons. The van der Waals surface area contributed by atoms with Crippen LogP contribution in [-0.4, -0.2) is 107 Å². The number of carbonyl (C=O) groups excluding carboxylic acids is 5. The summed E-state index contributed by atoms with van der Waals surface area (Å²) in [6.45, 7) is 47.5. The number of hydrogen-bond donors (Lipinski definition) is 1. The SMILES string of the molecule is CC1(C)C=CN(C(C)(C)C)CC1.CC1(C)CCN(C(C)(C)C)C=C1C(=O)c1ccc(C(=O)C2=CN(C(C)(C)C)CCC2(C)C)cc1.CC1(C)CCN(C(C)(C)C)C=C1C(=O)c1ccc(C(=O)O)cc1.O=C(Cl)c1ccc(C(=O)Cl)cc1. The van der Waals surface area contributed by atoms with Crippen LogP contribution in [0, 0.1) is 21.7 Å². The third kappa shape index (κ3) is 18.6. The van der Waals surface area contributed by atoms with Crippen LogP contribution in [0.25, 0.3) is 0 Å². The van der Waals surface area contributed by atoms with Gasteiger partial charge in [0, 0.05) is 111 Å². The van der Waals surface area contributed by atoms with Crippen molar-refractivity contribution in [3.05, 3.63) is 154 Å². The van der Waals surface area contributed by atoms with E-state index in [0.717, 1.165) is 55.6 Å². The molecule has 0 spiro atoms. The highest BCUT2D eigenvalue weighted by molar-refractivity contribution is 6.68. The summed E-state index contributed by atoms with van der Waals surface area (Å²) < 4.78 is 0. The number of carbonyl (C=O) groups is 6. The lowest BCUT2D eigenvalue weighted by Gasteiger charge is -2.43. The van der Waals surface area contributed by atoms with Gasteiger partial charge in [0.15, 0.2) is 17.3 Å². The van der Waals surface area contributed by atoms with Gasteiger partial charge in [-0.05, 0) is 196 Å². The first-order valence-electron chi connectivity index (χ1n) is 28.4. The lowest BCUT2D eigenvalue weighted by Crippen LogP contribution is -2.44. The van der Waals surface area contributed by atoms with Gasteiger partial charge in [0.05, 0.1) is 5.56 Å². The smallest absolute Gasteiger partial charge is 0.335 e. The zero-order valence-corrected chi connectivity index (χ0v) is 53.9. The fourth-order valence-electron chi connectivity index (χ4n) is 9.63. The molecule has 1 N–H and O–H groups in total. The maximum atomic E-state index is 13.5. The van der Waals surface area contributed by atoms with Crippen LogP contribution in [0.3, 0.4) is 0 Å². The van der Waals surface area contributed by atoms with Gasteiger partial charge in [-0.15, -0.1) is 0 Å². The van der Waals surface area contributed by atoms with Crippen molar-refractivity contribution in [1.82, 2.24) is 19.6 Å². The topological polar surface area (TPSA) is 136 Å². The van der Waals surface area contributed by atoms with Crippen molar-refractivity contribution in [2.75, 3.05) is 26.2 Å². The molecule has 0 aliphatic carbocycles. The lowest BCUT2D eigenvalue weighted by molar-refractivity contribution is 0.0695. The number of rotatable bonds is 9. The van der Waals surface area contributed by atoms with Crippen molar-refractivity contribution in [2.24, 2.45) is 21.7 Å². The third-order valence-corrected chi connectivity index (χ3v) is 16.4. The number of ketones is 3. The van der Waals surface area contributed by atoms with Crippen molar-refractivity contribution < 1.29 is 33.9 Å². The van der Waals surface area contributed by atoms with Crippen LogP contribution in [0.4, 0.5) is 0 Å². The minimum atomic E-state index is -0.986. The second-order valence-corrected chi connectivity index (χ2v) is 29.3. The summed E-state index contributed by atoms with van der Waals surface area (Å²) in [5.41, 5.74) is 5.20. The van der Waals surface area contributed by atoms with E-state index in [-0.39, 0.29) is 61.3 Å². The minimum Gasteiger partial charge on any atom is -0.478 e. The zero-order valence-electron chi connectivity index (χ0n) is 52.4. The summed E-state index contributed by atoms with van der Waals surface area (Å²) in [5.74, 6) is -0.913. The number of benzene rings is 3. The van der Waals surface area contributed by atoms with Crippen LogP contribution in [0.2, 0.25) is 0 Å². The molecular weight excluding hydrogens is 1060 g/mol. The number of carboxylic acids is 1. The first-order chi connectivity index (χ1) is 36.9. The Labute approximate surface area is 495 Å². The molecule has 4 aliphatic heterocycles. The highest BCUT2D eigenvalue weighted by Gasteiger charge is 2.39. The predicted octanol–water partition coefficient (Wildman–Crippen LogP) is 16.3. The summed E-state index contributed by atoms with van der Waals surface area (Å²) >= 11 is 10.4. The number of allylic oxidation sites excluding steroid dienone is 4. The van der Waals surface area contributed by atoms with Crippen molar-refractivity contribution >= 4 is 57.0 Å². The second kappa shape index (κ2) is 25.8. The van der Waals surface area contributed by atoms with Crippen LogP contribution in [0.15, 0.2) is 120 Å². The van der Waals surface area contributed by atoms with E-state index in [1.54, 1.807) is 12.1 Å². The molecule has 0 saturated heterocycles. The Kier molecular flexibility index (Phi) is 21.6. The van der Waals surface area contributed by atoms with E-state index < -0.39 is 16.5 Å². The highest BCUT2D eigenvalue weighted by Crippen LogP contribution is 2.42. The lowest BCUT2D eigenvalue weighted by atomic mass is 9.74. The summed E-state index contributed by atoms with van der Waals surface area (Å²) in [7, 11) is 0. The van der Waals surface area contributed by atoms with Gasteiger partial charge in [0.25, 0.3) is 10.5 Å². The number of carboxylic acid groups (broad SMARTS) is 1. The van der Waals surface area contributed by atoms with Crippen molar-refractivity contribution in [2.45, 2.75) is 186 Å². The molecule has 0 saturated carbocycles. The number of hydrogen-bond acceptors (Lipinski definition) is 10. The Balaban J connectivity index is 0.000000257. The average Bonchev–Trinajstić information content (AvgIpc) is 3.34. The molecule has 0 atom stereocenters. The molecule has 0 fully saturated rings. The van der Waals surface area contributed by atoms with Gasteiger partial charge < -0.3 is 24.7 Å². The largest absolute Gasteiger partial charge is 0.478 e. The van der Waals surface area contributed by atoms with E-state index >= 15 is 0 Å². The van der Waals surface area contributed by atoms with Crippen molar-refractivity contribution in [3.8, 4) is 0 Å². The summed E-state index contributed by atoms with van der Waals surface area (Å²) in [6, 6.07) is 19.2. The summed E-state index contributed by atoms with van der Waals surface area (Å²) in [4.78, 5) is 81.2. The van der Waals surface area contributed by atoms with Gasteiger partial charge in [-0.1, -0.05) is 97.9 Å². The number of Topliss-reactive ketones (excluding diaryl/α,β-unsaturated/α-hetero) is 3. The minimum absolute atomic E-state index is 0.0270. The molecule has 13 heteroatoms. The van der Waals surface area contributed by atoms with Gasteiger partial charge in [-0.25, -0.2) is 4.79 Å². The second-order valence-electron chi connectivity index (χ2n) is 28.6. The van der Waals surface area contributed by atoms with Crippen LogP contribution in [0.1, 0.15) is 226 Å². The molecule has 0 amide bonds. The molecule has 11 nitrogen and oxygen atoms in total. The molecule has 4 aliphatic rings. The molecule has 7 rings (SSSR count). The predicted molar refractivity (Wildman–Crippen MR) is 332 cm³/mol. The first kappa shape index (κ1) is 67.7. The maximum Gasteiger partial charge on any atom is 0.335 e. The monoisotopic (exact) mass is 1150 g/mol. The Bertz CT molecular complexity index is 2780. The van der Waals surface area contributed by atoms with Gasteiger partial charge >= 0.3 is 5.97 Å². The molecular formula is C68H94Cl2N4O7. The summed E-state index contributed by atoms with van der Waals surface area (Å²) in [6.07, 6.45) is 14.7. The van der Waals surface area contributed by atoms with Gasteiger partial charge in [0.1, 0.15) is 0 Å². The normalized spacial score (nSPS) is 18.4. The molecule has 0 aromatic heterocycles. The van der Waals surface area contributed by atoms with Gasteiger partial charge in [0.2, 0.25) is 0 Å². The number of aromatic carboxylic acids is 1. The van der Waals surface area contributed by atoms with E-state index in [0.29, 0.717) is 33.2 Å². The Hall–Kier alpha value is -5.78. The van der Waals surface area contributed by atoms with Crippen LogP contribution < -0.4 is 0 Å². The van der Waals surface area contributed by atoms with E-state index in [9.17, 15) is 28.8 Å². The maximum absolute atomic E-state index is 13.5. The third-order valence-electron chi connectivity index (χ3n) is 16.0. The fourth-order valence-corrected chi connectivity index (χ4v) is 9.88. The molecule has 3 aromatic rings. The van der Waals surface area contributed by atoms with E-state index in [1.165, 1.54) is 49.4 Å². The first-order valence-corrected chi connectivity index (χ1v) is 29.1. The molecule has 81 heavy (non-hydrogen) atoms. The van der Waals surface area contributed by atoms with Gasteiger partial charge in [-0.3, -0.25) is 24.0 Å². The van der Waals surface area contributed by atoms with Crippen LogP contribution in [-0.2, 0) is 0 Å². The summed E-state index contributed by atoms with van der Waals surface area (Å²) in [5, 5.41) is 7.86. The Morgan fingerprint density at radius 2 is 0.617 bits per heavy atom. The van der Waals surface area contributed by atoms with E-state index in [1.807, 2.05) is 30.5 Å². The standard InChI is InChI=1S/C30H44N2O2.C19H25NO3.C11H21N.C8H4Cl2O2/c1-27(2,3)31-17-15-29(7,8)23(19-31)25(33)21-11-13-22(14-12-21)26(34)24-20-32(28(4,5)6)18-16-30(24,9)10;1-18(2,3)20-11-10-19(4,5)15(12-20)16(21)13-6-8-14(9-7-13)17(22)23;1-10(2,3)12-8-6-11(4,5)7-9-12;9-7(11)5-1-2-6(4-3-5)8(10)12/h11-14,19-20H,15-18H2,1-10H3;6-9,12H,10-11H2,1-5H3,(H,22,23);6,8H,7,9H2,1-5H3;1-4H. The number of halogens is 2. The molecule has 0 radical (unpaired) electrons. The molecule has 3 aromatic carbocycles. The highest BCUT2D eigenvalue weighted by atomic mass is 35.5. The zero-order chi connectivity index (χ0) is 61.6. The molecule has 4 heterocycles. The average molecular weight is 1150 g/mol. The Morgan fingerprint density at radius 1 is 0.383 bits per heavy atom. The van der Waals surface area contributed by atoms with Gasteiger partial charge in [-0.2, -0.15) is 0 Å². The fraction of sp³-hybridized carbons (Fsp3) is 0.529. The van der Waals surface area contributed by atoms with Crippen LogP contribution in [0.5, 0.6) is 0 Å². The van der Waals surface area contributed by atoms with E-state index in [2.05, 4.69) is 183 Å². The molecule has 0 bridgehead atoms. The Morgan fingerprint density at radius 3 is 0.827 bits per heavy atom. The van der Waals surface area contributed by atoms with E-state index in [4.69, 9.17) is 28.3 Å². The van der Waals surface area contributed by atoms with Crippen molar-refractivity contribution in [1.29, 1.82) is 0 Å². The molecule has 0 unspecified atom stereocenters. The van der Waals surface area contributed by atoms with Crippen LogP contribution >= 0.6 is 23.2 Å². The van der Waals surface area contributed by atoms with Crippen molar-refractivity contribution in [3.63, 3.8) is 0 Å². The quantitative estimate of drug-likeness (QED) is 0.162.